The zero-order valence-corrected chi connectivity index (χ0v) is 6.80. The first-order valence-electron chi connectivity index (χ1n) is 3.93. The van der Waals surface area contributed by atoms with Crippen LogP contribution in [0.2, 0.25) is 0 Å². The Labute approximate surface area is 67.4 Å². The van der Waals surface area contributed by atoms with Gasteiger partial charge in [-0.1, -0.05) is 19.1 Å². The lowest BCUT2D eigenvalue weighted by molar-refractivity contribution is 0.980. The molecule has 0 aromatic heterocycles. The molecule has 0 bridgehead atoms. The van der Waals surface area contributed by atoms with Crippen molar-refractivity contribution in [3.63, 3.8) is 0 Å². The van der Waals surface area contributed by atoms with Crippen LogP contribution in [0, 0.1) is 0 Å². The number of para-hydroxylation sites is 2. The maximum absolute atomic E-state index is 5.70. The van der Waals surface area contributed by atoms with E-state index in [1.807, 2.05) is 24.3 Å². The number of hydrogen-bond donors (Lipinski definition) is 2. The van der Waals surface area contributed by atoms with Gasteiger partial charge in [0.15, 0.2) is 0 Å². The molecule has 1 rings (SSSR count). The van der Waals surface area contributed by atoms with Gasteiger partial charge in [0.05, 0.1) is 11.4 Å². The second-order valence-corrected chi connectivity index (χ2v) is 2.51. The highest BCUT2D eigenvalue weighted by molar-refractivity contribution is 5.65. The lowest BCUT2D eigenvalue weighted by Gasteiger charge is -2.06. The Morgan fingerprint density at radius 1 is 1.36 bits per heavy atom. The van der Waals surface area contributed by atoms with E-state index in [1.54, 1.807) is 0 Å². The molecule has 0 heterocycles. The lowest BCUT2D eigenvalue weighted by Crippen LogP contribution is -2.02. The first-order valence-corrected chi connectivity index (χ1v) is 3.93. The summed E-state index contributed by atoms with van der Waals surface area (Å²) in [4.78, 5) is 0. The average molecular weight is 150 g/mol. The Balaban J connectivity index is 2.62. The first-order chi connectivity index (χ1) is 5.34. The molecule has 0 aliphatic carbocycles. The summed E-state index contributed by atoms with van der Waals surface area (Å²) in [6, 6.07) is 7.81. The predicted molar refractivity (Wildman–Crippen MR) is 49.6 cm³/mol. The number of rotatable bonds is 3. The van der Waals surface area contributed by atoms with Crippen molar-refractivity contribution in [1.29, 1.82) is 0 Å². The third kappa shape index (κ3) is 2.15. The van der Waals surface area contributed by atoms with Gasteiger partial charge in [0, 0.05) is 6.54 Å². The lowest BCUT2D eigenvalue weighted by atomic mass is 10.2. The molecule has 0 fully saturated rings. The zero-order chi connectivity index (χ0) is 8.10. The Kier molecular flexibility index (Phi) is 2.78. The standard InChI is InChI=1S/C9H14N2/c1-2-7-11-9-6-4-3-5-8(9)10/h3-6,11H,2,7,10H2,1H3. The monoisotopic (exact) mass is 150 g/mol. The van der Waals surface area contributed by atoms with E-state index in [0.29, 0.717) is 0 Å². The van der Waals surface area contributed by atoms with E-state index in [0.717, 1.165) is 24.3 Å². The zero-order valence-electron chi connectivity index (χ0n) is 6.80. The molecular weight excluding hydrogens is 136 g/mol. The molecule has 2 heteroatoms. The molecule has 1 aromatic rings. The molecule has 0 atom stereocenters. The Bertz CT molecular complexity index is 221. The van der Waals surface area contributed by atoms with Gasteiger partial charge in [0.25, 0.3) is 0 Å². The fourth-order valence-corrected chi connectivity index (χ4v) is 0.918. The van der Waals surface area contributed by atoms with E-state index in [4.69, 9.17) is 5.73 Å². The smallest absolute Gasteiger partial charge is 0.0573 e. The molecule has 1 aromatic carbocycles. The Morgan fingerprint density at radius 2 is 2.09 bits per heavy atom. The number of nitrogens with two attached hydrogens (primary N) is 1. The van der Waals surface area contributed by atoms with Crippen LogP contribution in [0.1, 0.15) is 13.3 Å². The van der Waals surface area contributed by atoms with E-state index in [9.17, 15) is 0 Å². The van der Waals surface area contributed by atoms with Crippen molar-refractivity contribution in [2.24, 2.45) is 0 Å². The van der Waals surface area contributed by atoms with Gasteiger partial charge in [-0.15, -0.1) is 0 Å². The second kappa shape index (κ2) is 3.86. The highest BCUT2D eigenvalue weighted by atomic mass is 14.9. The molecule has 0 unspecified atom stereocenters. The average Bonchev–Trinajstić information content (AvgIpc) is 2.03. The van der Waals surface area contributed by atoms with Crippen molar-refractivity contribution < 1.29 is 0 Å². The molecular formula is C9H14N2. The van der Waals surface area contributed by atoms with E-state index >= 15 is 0 Å². The van der Waals surface area contributed by atoms with Crippen LogP contribution in [0.4, 0.5) is 11.4 Å². The van der Waals surface area contributed by atoms with Crippen LogP contribution in [-0.2, 0) is 0 Å². The molecule has 0 amide bonds. The summed E-state index contributed by atoms with van der Waals surface area (Å²) in [7, 11) is 0. The minimum absolute atomic E-state index is 0.820. The molecule has 11 heavy (non-hydrogen) atoms. The number of anilines is 2. The van der Waals surface area contributed by atoms with Gasteiger partial charge >= 0.3 is 0 Å². The maximum atomic E-state index is 5.70. The third-order valence-electron chi connectivity index (χ3n) is 1.53. The van der Waals surface area contributed by atoms with Gasteiger partial charge in [-0.3, -0.25) is 0 Å². The number of hydrogen-bond acceptors (Lipinski definition) is 2. The molecule has 0 spiro atoms. The molecule has 0 radical (unpaired) electrons. The van der Waals surface area contributed by atoms with Crippen LogP contribution in [0.25, 0.3) is 0 Å². The van der Waals surface area contributed by atoms with Gasteiger partial charge < -0.3 is 11.1 Å². The number of nitrogens with one attached hydrogen (secondary N) is 1. The van der Waals surface area contributed by atoms with Crippen molar-refractivity contribution in [3.05, 3.63) is 24.3 Å². The van der Waals surface area contributed by atoms with E-state index in [-0.39, 0.29) is 0 Å². The van der Waals surface area contributed by atoms with Gasteiger partial charge in [0.2, 0.25) is 0 Å². The predicted octanol–water partition coefficient (Wildman–Crippen LogP) is 2.09. The molecule has 0 saturated carbocycles. The van der Waals surface area contributed by atoms with Crippen molar-refractivity contribution in [2.45, 2.75) is 13.3 Å². The quantitative estimate of drug-likeness (QED) is 0.647. The topological polar surface area (TPSA) is 38.0 Å². The van der Waals surface area contributed by atoms with Crippen LogP contribution in [0.5, 0.6) is 0 Å². The summed E-state index contributed by atoms with van der Waals surface area (Å²) in [5, 5.41) is 3.24. The van der Waals surface area contributed by atoms with E-state index in [2.05, 4.69) is 12.2 Å². The van der Waals surface area contributed by atoms with Gasteiger partial charge in [-0.05, 0) is 18.6 Å². The van der Waals surface area contributed by atoms with Crippen molar-refractivity contribution in [3.8, 4) is 0 Å². The Morgan fingerprint density at radius 3 is 2.73 bits per heavy atom. The fourth-order valence-electron chi connectivity index (χ4n) is 0.918. The minimum Gasteiger partial charge on any atom is -0.397 e. The van der Waals surface area contributed by atoms with Crippen LogP contribution in [0.15, 0.2) is 24.3 Å². The summed E-state index contributed by atoms with van der Waals surface area (Å²) in [5.74, 6) is 0. The molecule has 0 saturated heterocycles. The van der Waals surface area contributed by atoms with E-state index < -0.39 is 0 Å². The molecule has 0 aliphatic heterocycles. The summed E-state index contributed by atoms with van der Waals surface area (Å²) < 4.78 is 0. The summed E-state index contributed by atoms with van der Waals surface area (Å²) in [5.41, 5.74) is 7.56. The molecule has 0 aliphatic rings. The molecule has 2 nitrogen and oxygen atoms in total. The van der Waals surface area contributed by atoms with Crippen LogP contribution in [0.3, 0.4) is 0 Å². The van der Waals surface area contributed by atoms with Crippen LogP contribution < -0.4 is 11.1 Å². The van der Waals surface area contributed by atoms with E-state index in [1.165, 1.54) is 0 Å². The highest BCUT2D eigenvalue weighted by Crippen LogP contribution is 2.15. The van der Waals surface area contributed by atoms with Gasteiger partial charge in [-0.2, -0.15) is 0 Å². The normalized spacial score (nSPS) is 9.55. The largest absolute Gasteiger partial charge is 0.397 e. The van der Waals surface area contributed by atoms with Crippen LogP contribution >= 0.6 is 0 Å². The van der Waals surface area contributed by atoms with Gasteiger partial charge in [0.1, 0.15) is 0 Å². The van der Waals surface area contributed by atoms with Crippen molar-refractivity contribution >= 4 is 11.4 Å². The minimum atomic E-state index is 0.820. The summed E-state index contributed by atoms with van der Waals surface area (Å²) in [6.45, 7) is 3.11. The first kappa shape index (κ1) is 7.92. The fraction of sp³-hybridized carbons (Fsp3) is 0.333. The summed E-state index contributed by atoms with van der Waals surface area (Å²) in [6.07, 6.45) is 1.12. The maximum Gasteiger partial charge on any atom is 0.0573 e. The van der Waals surface area contributed by atoms with Crippen molar-refractivity contribution in [1.82, 2.24) is 0 Å². The number of benzene rings is 1. The Hall–Kier alpha value is -1.18. The third-order valence-corrected chi connectivity index (χ3v) is 1.53. The highest BCUT2D eigenvalue weighted by Gasteiger charge is 1.92. The molecule has 60 valence electrons. The van der Waals surface area contributed by atoms with Crippen LogP contribution in [-0.4, -0.2) is 6.54 Å². The second-order valence-electron chi connectivity index (χ2n) is 2.51. The SMILES string of the molecule is CCCNc1ccccc1N. The molecule has 3 N–H and O–H groups in total. The van der Waals surface area contributed by atoms with Crippen molar-refractivity contribution in [2.75, 3.05) is 17.6 Å². The number of nitrogen functional groups attached to an aromatic ring is 1. The summed E-state index contributed by atoms with van der Waals surface area (Å²) >= 11 is 0. The van der Waals surface area contributed by atoms with Gasteiger partial charge in [-0.25, -0.2) is 0 Å².